The average molecular weight is 281 g/mol. The third-order valence-corrected chi connectivity index (χ3v) is 4.54. The maximum atomic E-state index is 13.6. The number of halogens is 1. The number of rotatable bonds is 7. The Morgan fingerprint density at radius 2 is 1.90 bits per heavy atom. The van der Waals surface area contributed by atoms with E-state index in [1.165, 1.54) is 6.07 Å². The fourth-order valence-electron chi connectivity index (χ4n) is 3.08. The van der Waals surface area contributed by atoms with Crippen molar-refractivity contribution in [2.24, 2.45) is 5.84 Å². The van der Waals surface area contributed by atoms with E-state index in [2.05, 4.69) is 38.0 Å². The van der Waals surface area contributed by atoms with Gasteiger partial charge in [0.15, 0.2) is 0 Å². The van der Waals surface area contributed by atoms with Crippen molar-refractivity contribution < 1.29 is 4.39 Å². The van der Waals surface area contributed by atoms with Gasteiger partial charge in [0.2, 0.25) is 0 Å². The SMILES string of the molecule is CCN(CC)C(C)(CC)C(NN)c1cc(F)ccc1C. The molecule has 3 nitrogen and oxygen atoms in total. The van der Waals surface area contributed by atoms with Crippen LogP contribution in [0.3, 0.4) is 0 Å². The lowest BCUT2D eigenvalue weighted by molar-refractivity contribution is 0.0695. The first-order valence-electron chi connectivity index (χ1n) is 7.41. The van der Waals surface area contributed by atoms with Crippen molar-refractivity contribution in [3.8, 4) is 0 Å². The second-order valence-electron chi connectivity index (χ2n) is 5.48. The van der Waals surface area contributed by atoms with Gasteiger partial charge >= 0.3 is 0 Å². The molecule has 4 heteroatoms. The molecule has 0 aromatic heterocycles. The summed E-state index contributed by atoms with van der Waals surface area (Å²) in [5, 5.41) is 0. The fraction of sp³-hybridized carbons (Fsp3) is 0.625. The largest absolute Gasteiger partial charge is 0.297 e. The van der Waals surface area contributed by atoms with Crippen LogP contribution in [0, 0.1) is 12.7 Å². The molecule has 1 rings (SSSR count). The number of hydrogen-bond acceptors (Lipinski definition) is 3. The molecule has 2 unspecified atom stereocenters. The molecule has 0 bridgehead atoms. The molecule has 0 saturated heterocycles. The van der Waals surface area contributed by atoms with E-state index in [-0.39, 0.29) is 17.4 Å². The normalized spacial score (nSPS) is 16.2. The van der Waals surface area contributed by atoms with Gasteiger partial charge in [0.05, 0.1) is 6.04 Å². The van der Waals surface area contributed by atoms with Gasteiger partial charge in [-0.15, -0.1) is 0 Å². The van der Waals surface area contributed by atoms with Crippen LogP contribution in [-0.2, 0) is 0 Å². The number of likely N-dealkylation sites (N-methyl/N-ethyl adjacent to an activating group) is 1. The summed E-state index contributed by atoms with van der Waals surface area (Å²) >= 11 is 0. The molecule has 1 aromatic carbocycles. The summed E-state index contributed by atoms with van der Waals surface area (Å²) < 4.78 is 13.6. The third-order valence-electron chi connectivity index (χ3n) is 4.54. The molecule has 3 N–H and O–H groups in total. The molecular formula is C16H28FN3. The number of hydrazine groups is 1. The van der Waals surface area contributed by atoms with Crippen LogP contribution in [0.5, 0.6) is 0 Å². The van der Waals surface area contributed by atoms with Gasteiger partial charge in [-0.3, -0.25) is 16.2 Å². The quantitative estimate of drug-likeness (QED) is 0.596. The van der Waals surface area contributed by atoms with Crippen LogP contribution in [0.2, 0.25) is 0 Å². The minimum atomic E-state index is -0.219. The summed E-state index contributed by atoms with van der Waals surface area (Å²) in [5.41, 5.74) is 4.75. The van der Waals surface area contributed by atoms with Crippen molar-refractivity contribution in [2.75, 3.05) is 13.1 Å². The van der Waals surface area contributed by atoms with Gasteiger partial charge in [-0.1, -0.05) is 26.8 Å². The molecule has 0 aliphatic carbocycles. The molecule has 0 heterocycles. The Hall–Kier alpha value is -0.970. The first-order valence-corrected chi connectivity index (χ1v) is 7.41. The van der Waals surface area contributed by atoms with Crippen LogP contribution < -0.4 is 11.3 Å². The van der Waals surface area contributed by atoms with Gasteiger partial charge in [-0.2, -0.15) is 0 Å². The highest BCUT2D eigenvalue weighted by molar-refractivity contribution is 5.32. The molecule has 0 saturated carbocycles. The van der Waals surface area contributed by atoms with Gasteiger partial charge in [-0.05, 0) is 56.6 Å². The Balaban J connectivity index is 3.31. The summed E-state index contributed by atoms with van der Waals surface area (Å²) in [6.45, 7) is 12.5. The maximum Gasteiger partial charge on any atom is 0.123 e. The minimum absolute atomic E-state index is 0.108. The molecule has 0 aliphatic rings. The molecule has 1 aromatic rings. The highest BCUT2D eigenvalue weighted by Crippen LogP contribution is 2.35. The van der Waals surface area contributed by atoms with Crippen LogP contribution in [-0.4, -0.2) is 23.5 Å². The zero-order valence-electron chi connectivity index (χ0n) is 13.3. The van der Waals surface area contributed by atoms with E-state index < -0.39 is 0 Å². The Morgan fingerprint density at radius 1 is 1.30 bits per heavy atom. The van der Waals surface area contributed by atoms with Gasteiger partial charge in [0.1, 0.15) is 5.82 Å². The number of aryl methyl sites for hydroxylation is 1. The van der Waals surface area contributed by atoms with Crippen molar-refractivity contribution in [3.63, 3.8) is 0 Å². The lowest BCUT2D eigenvalue weighted by Crippen LogP contribution is -2.55. The lowest BCUT2D eigenvalue weighted by atomic mass is 9.81. The van der Waals surface area contributed by atoms with Crippen LogP contribution >= 0.6 is 0 Å². The van der Waals surface area contributed by atoms with Gasteiger partial charge < -0.3 is 0 Å². The predicted octanol–water partition coefficient (Wildman–Crippen LogP) is 3.15. The van der Waals surface area contributed by atoms with E-state index in [1.54, 1.807) is 6.07 Å². The van der Waals surface area contributed by atoms with E-state index >= 15 is 0 Å². The molecule has 2 atom stereocenters. The summed E-state index contributed by atoms with van der Waals surface area (Å²) in [5.74, 6) is 5.61. The molecule has 0 aliphatic heterocycles. The topological polar surface area (TPSA) is 41.3 Å². The fourth-order valence-corrected chi connectivity index (χ4v) is 3.08. The average Bonchev–Trinajstić information content (AvgIpc) is 2.44. The van der Waals surface area contributed by atoms with Crippen molar-refractivity contribution in [1.29, 1.82) is 0 Å². The number of hydrogen-bond donors (Lipinski definition) is 2. The van der Waals surface area contributed by atoms with Gasteiger partial charge in [0.25, 0.3) is 0 Å². The molecule has 0 amide bonds. The van der Waals surface area contributed by atoms with Crippen molar-refractivity contribution in [1.82, 2.24) is 10.3 Å². The van der Waals surface area contributed by atoms with Gasteiger partial charge in [0, 0.05) is 5.54 Å². The molecule has 0 fully saturated rings. The second kappa shape index (κ2) is 7.16. The van der Waals surface area contributed by atoms with E-state index in [4.69, 9.17) is 5.84 Å². The molecule has 0 radical (unpaired) electrons. The highest BCUT2D eigenvalue weighted by Gasteiger charge is 2.38. The Bertz CT molecular complexity index is 432. The summed E-state index contributed by atoms with van der Waals surface area (Å²) in [6, 6.07) is 4.79. The van der Waals surface area contributed by atoms with E-state index in [1.807, 2.05) is 13.0 Å². The second-order valence-corrected chi connectivity index (χ2v) is 5.48. The van der Waals surface area contributed by atoms with Crippen molar-refractivity contribution >= 4 is 0 Å². The Labute approximate surface area is 122 Å². The van der Waals surface area contributed by atoms with Crippen molar-refractivity contribution in [2.45, 2.75) is 52.6 Å². The Morgan fingerprint density at radius 3 is 2.35 bits per heavy atom. The zero-order valence-corrected chi connectivity index (χ0v) is 13.3. The highest BCUT2D eigenvalue weighted by atomic mass is 19.1. The minimum Gasteiger partial charge on any atom is -0.297 e. The molecule has 0 spiro atoms. The molecular weight excluding hydrogens is 253 g/mol. The van der Waals surface area contributed by atoms with E-state index in [0.29, 0.717) is 0 Å². The zero-order chi connectivity index (χ0) is 15.3. The monoisotopic (exact) mass is 281 g/mol. The summed E-state index contributed by atoms with van der Waals surface area (Å²) in [6.07, 6.45) is 0.930. The van der Waals surface area contributed by atoms with Crippen LogP contribution in [0.4, 0.5) is 4.39 Å². The number of nitrogens with one attached hydrogen (secondary N) is 1. The van der Waals surface area contributed by atoms with Gasteiger partial charge in [-0.25, -0.2) is 4.39 Å². The number of nitrogens with two attached hydrogens (primary N) is 1. The van der Waals surface area contributed by atoms with E-state index in [0.717, 1.165) is 30.6 Å². The smallest absolute Gasteiger partial charge is 0.123 e. The summed E-state index contributed by atoms with van der Waals surface area (Å²) in [4.78, 5) is 2.38. The standard InChI is InChI=1S/C16H28FN3/c1-6-16(5,20(7-2)8-3)15(19-18)14-11-13(17)10-9-12(14)4/h9-11,15,19H,6-8,18H2,1-5H3. The maximum absolute atomic E-state index is 13.6. The number of nitrogens with zero attached hydrogens (tertiary/aromatic N) is 1. The number of benzene rings is 1. The Kier molecular flexibility index (Phi) is 6.11. The van der Waals surface area contributed by atoms with Crippen molar-refractivity contribution in [3.05, 3.63) is 35.1 Å². The lowest BCUT2D eigenvalue weighted by Gasteiger charge is -2.46. The first-order chi connectivity index (χ1) is 9.44. The summed E-state index contributed by atoms with van der Waals surface area (Å²) in [7, 11) is 0. The third kappa shape index (κ3) is 3.19. The first kappa shape index (κ1) is 17.1. The van der Waals surface area contributed by atoms with E-state index in [9.17, 15) is 4.39 Å². The molecule has 20 heavy (non-hydrogen) atoms. The van der Waals surface area contributed by atoms with Crippen LogP contribution in [0.1, 0.15) is 51.3 Å². The molecule has 114 valence electrons. The predicted molar refractivity (Wildman–Crippen MR) is 82.8 cm³/mol. The van der Waals surface area contributed by atoms with Crippen LogP contribution in [0.15, 0.2) is 18.2 Å². The van der Waals surface area contributed by atoms with Crippen LogP contribution in [0.25, 0.3) is 0 Å².